The molecule has 10 nitrogen and oxygen atoms in total. The molecule has 2 aliphatic heterocycles. The molecule has 10 heteroatoms. The SMILES string of the molecule is O=CO.O[C@@H]1C[C@H]2CN(Cc3nc(-c4cccnc4)no3)C[C@H]2C[C@H]1N1CCOCC1. The number of fused-ring (bicyclic) bond motifs is 1. The van der Waals surface area contributed by atoms with Crippen molar-refractivity contribution in [3.63, 3.8) is 0 Å². The maximum Gasteiger partial charge on any atom is 0.290 e. The topological polar surface area (TPSA) is 125 Å². The fraction of sp³-hybridized carbons (Fsp3) is 0.619. The highest BCUT2D eigenvalue weighted by Crippen LogP contribution is 2.39. The fourth-order valence-electron chi connectivity index (χ4n) is 5.06. The molecule has 4 heterocycles. The van der Waals surface area contributed by atoms with Gasteiger partial charge in [0.05, 0.1) is 25.9 Å². The van der Waals surface area contributed by atoms with Crippen LogP contribution in [-0.4, -0.2) is 93.1 Å². The van der Waals surface area contributed by atoms with Gasteiger partial charge in [-0.1, -0.05) is 5.16 Å². The molecule has 0 bridgehead atoms. The minimum Gasteiger partial charge on any atom is -0.483 e. The van der Waals surface area contributed by atoms with E-state index in [1.54, 1.807) is 12.4 Å². The summed E-state index contributed by atoms with van der Waals surface area (Å²) in [5.74, 6) is 2.40. The summed E-state index contributed by atoms with van der Waals surface area (Å²) in [5, 5.41) is 21.7. The number of likely N-dealkylation sites (tertiary alicyclic amines) is 1. The van der Waals surface area contributed by atoms with E-state index in [-0.39, 0.29) is 18.6 Å². The summed E-state index contributed by atoms with van der Waals surface area (Å²) in [7, 11) is 0. The summed E-state index contributed by atoms with van der Waals surface area (Å²) >= 11 is 0. The molecule has 1 aliphatic carbocycles. The van der Waals surface area contributed by atoms with Crippen LogP contribution in [0.3, 0.4) is 0 Å². The number of ether oxygens (including phenoxy) is 1. The maximum absolute atomic E-state index is 10.7. The highest BCUT2D eigenvalue weighted by Gasteiger charge is 2.43. The van der Waals surface area contributed by atoms with Crippen molar-refractivity contribution in [3.8, 4) is 11.4 Å². The van der Waals surface area contributed by atoms with Gasteiger partial charge < -0.3 is 19.5 Å². The zero-order valence-corrected chi connectivity index (χ0v) is 17.4. The molecule has 2 aromatic rings. The molecular formula is C21H29N5O5. The van der Waals surface area contributed by atoms with Crippen LogP contribution in [0.25, 0.3) is 11.4 Å². The Bertz CT molecular complexity index is 829. The van der Waals surface area contributed by atoms with Gasteiger partial charge in [-0.3, -0.25) is 19.6 Å². The van der Waals surface area contributed by atoms with Gasteiger partial charge in [0.2, 0.25) is 11.7 Å². The van der Waals surface area contributed by atoms with E-state index >= 15 is 0 Å². The van der Waals surface area contributed by atoms with Crippen molar-refractivity contribution in [1.82, 2.24) is 24.9 Å². The summed E-state index contributed by atoms with van der Waals surface area (Å²) in [6.45, 7) is 5.85. The van der Waals surface area contributed by atoms with Crippen LogP contribution in [-0.2, 0) is 16.1 Å². The molecule has 2 N–H and O–H groups in total. The number of morpholine rings is 1. The minimum atomic E-state index is -0.250. The third-order valence-electron chi connectivity index (χ3n) is 6.45. The van der Waals surface area contributed by atoms with E-state index in [9.17, 15) is 5.11 Å². The van der Waals surface area contributed by atoms with E-state index in [1.165, 1.54) is 0 Å². The van der Waals surface area contributed by atoms with E-state index in [4.69, 9.17) is 19.2 Å². The van der Waals surface area contributed by atoms with Gasteiger partial charge in [-0.15, -0.1) is 0 Å². The summed E-state index contributed by atoms with van der Waals surface area (Å²) < 4.78 is 10.9. The van der Waals surface area contributed by atoms with Gasteiger partial charge in [-0.2, -0.15) is 4.98 Å². The monoisotopic (exact) mass is 431 g/mol. The largest absolute Gasteiger partial charge is 0.483 e. The molecule has 4 atom stereocenters. The fourth-order valence-corrected chi connectivity index (χ4v) is 5.06. The Kier molecular flexibility index (Phi) is 7.23. The lowest BCUT2D eigenvalue weighted by molar-refractivity contribution is -0.122. The Labute approximate surface area is 180 Å². The quantitative estimate of drug-likeness (QED) is 0.670. The number of nitrogens with zero attached hydrogens (tertiary/aromatic N) is 5. The molecule has 31 heavy (non-hydrogen) atoms. The molecular weight excluding hydrogens is 402 g/mol. The Morgan fingerprint density at radius 2 is 1.94 bits per heavy atom. The van der Waals surface area contributed by atoms with Crippen molar-refractivity contribution in [3.05, 3.63) is 30.4 Å². The van der Waals surface area contributed by atoms with Crippen LogP contribution in [0.1, 0.15) is 18.7 Å². The number of carboxylic acid groups (broad SMARTS) is 1. The van der Waals surface area contributed by atoms with Crippen molar-refractivity contribution in [2.45, 2.75) is 31.5 Å². The lowest BCUT2D eigenvalue weighted by Gasteiger charge is -2.43. The molecule has 0 radical (unpaired) electrons. The van der Waals surface area contributed by atoms with E-state index in [1.807, 2.05) is 12.1 Å². The van der Waals surface area contributed by atoms with Crippen molar-refractivity contribution >= 4 is 6.47 Å². The Morgan fingerprint density at radius 1 is 1.19 bits per heavy atom. The van der Waals surface area contributed by atoms with Gasteiger partial charge in [0.25, 0.3) is 6.47 Å². The van der Waals surface area contributed by atoms with Crippen LogP contribution in [0.2, 0.25) is 0 Å². The maximum atomic E-state index is 10.7. The summed E-state index contributed by atoms with van der Waals surface area (Å²) in [5.41, 5.74) is 0.865. The predicted octanol–water partition coefficient (Wildman–Crippen LogP) is 0.736. The first kappa shape index (κ1) is 21.8. The minimum absolute atomic E-state index is 0.236. The van der Waals surface area contributed by atoms with Crippen LogP contribution >= 0.6 is 0 Å². The second-order valence-electron chi connectivity index (χ2n) is 8.33. The lowest BCUT2D eigenvalue weighted by atomic mass is 9.77. The summed E-state index contributed by atoms with van der Waals surface area (Å²) in [4.78, 5) is 21.8. The molecule has 0 spiro atoms. The van der Waals surface area contributed by atoms with E-state index in [2.05, 4.69) is 24.9 Å². The van der Waals surface area contributed by atoms with Crippen LogP contribution in [0.15, 0.2) is 29.0 Å². The molecule has 3 fully saturated rings. The standard InChI is InChI=1S/C20H27N5O3.CH2O2/c26-18-9-16-12-24(11-15(16)8-17(18)25-4-6-27-7-5-25)13-19-22-20(23-28-19)14-2-1-3-21-10-14;2-1-3/h1-3,10,15-18,26H,4-9,11-13H2;1H,(H,2,3)/t15-,16+,17-,18-;/m1./s1. The first-order valence-corrected chi connectivity index (χ1v) is 10.7. The van der Waals surface area contributed by atoms with Gasteiger partial charge >= 0.3 is 0 Å². The molecule has 168 valence electrons. The number of aliphatic hydroxyl groups excluding tert-OH is 1. The zero-order chi connectivity index (χ0) is 21.6. The Hall–Kier alpha value is -2.40. The number of aromatic nitrogens is 3. The molecule has 1 saturated carbocycles. The average molecular weight is 431 g/mol. The molecule has 3 aliphatic rings. The van der Waals surface area contributed by atoms with Crippen molar-refractivity contribution in [2.24, 2.45) is 11.8 Å². The van der Waals surface area contributed by atoms with Gasteiger partial charge in [0.15, 0.2) is 0 Å². The zero-order valence-electron chi connectivity index (χ0n) is 17.4. The van der Waals surface area contributed by atoms with Crippen molar-refractivity contribution < 1.29 is 24.3 Å². The number of pyridine rings is 1. The predicted molar refractivity (Wildman–Crippen MR) is 110 cm³/mol. The Balaban J connectivity index is 0.000000730. The molecule has 0 amide bonds. The van der Waals surface area contributed by atoms with E-state index in [0.29, 0.717) is 30.1 Å². The number of aliphatic hydroxyl groups is 1. The molecule has 2 saturated heterocycles. The molecule has 5 rings (SSSR count). The first-order valence-electron chi connectivity index (χ1n) is 10.7. The highest BCUT2D eigenvalue weighted by molar-refractivity contribution is 5.51. The van der Waals surface area contributed by atoms with Crippen LogP contribution in [0.4, 0.5) is 0 Å². The van der Waals surface area contributed by atoms with Crippen LogP contribution in [0, 0.1) is 11.8 Å². The summed E-state index contributed by atoms with van der Waals surface area (Å²) in [6, 6.07) is 4.07. The second-order valence-corrected chi connectivity index (χ2v) is 8.33. The lowest BCUT2D eigenvalue weighted by Crippen LogP contribution is -2.53. The Morgan fingerprint density at radius 3 is 2.65 bits per heavy atom. The van der Waals surface area contributed by atoms with Crippen LogP contribution in [0.5, 0.6) is 0 Å². The van der Waals surface area contributed by atoms with Gasteiger partial charge in [0, 0.05) is 50.2 Å². The smallest absolute Gasteiger partial charge is 0.290 e. The third kappa shape index (κ3) is 5.27. The number of rotatable bonds is 4. The third-order valence-corrected chi connectivity index (χ3v) is 6.45. The number of carbonyl (C=O) groups is 1. The molecule has 2 aromatic heterocycles. The van der Waals surface area contributed by atoms with E-state index < -0.39 is 0 Å². The average Bonchev–Trinajstić information content (AvgIpc) is 3.41. The molecule has 0 unspecified atom stereocenters. The molecule has 0 aromatic carbocycles. The first-order chi connectivity index (χ1) is 15.2. The second kappa shape index (κ2) is 10.3. The normalized spacial score (nSPS) is 29.1. The van der Waals surface area contributed by atoms with E-state index in [0.717, 1.165) is 57.8 Å². The summed E-state index contributed by atoms with van der Waals surface area (Å²) in [6.07, 6.45) is 5.18. The van der Waals surface area contributed by atoms with Crippen molar-refractivity contribution in [1.29, 1.82) is 0 Å². The van der Waals surface area contributed by atoms with Gasteiger partial charge in [-0.05, 0) is 36.8 Å². The van der Waals surface area contributed by atoms with Gasteiger partial charge in [0.1, 0.15) is 0 Å². The highest BCUT2D eigenvalue weighted by atomic mass is 16.5. The van der Waals surface area contributed by atoms with Crippen molar-refractivity contribution in [2.75, 3.05) is 39.4 Å². The van der Waals surface area contributed by atoms with Crippen LogP contribution < -0.4 is 0 Å². The van der Waals surface area contributed by atoms with Gasteiger partial charge in [-0.25, -0.2) is 0 Å². The number of hydrogen-bond acceptors (Lipinski definition) is 9. The number of hydrogen-bond donors (Lipinski definition) is 2.